The molecule has 0 radical (unpaired) electrons. The lowest BCUT2D eigenvalue weighted by Crippen LogP contribution is -2.07. The third-order valence-corrected chi connectivity index (χ3v) is 4.20. The second-order valence-electron chi connectivity index (χ2n) is 5.78. The molecule has 130 valence electrons. The van der Waals surface area contributed by atoms with Crippen LogP contribution in [-0.2, 0) is 4.79 Å². The summed E-state index contributed by atoms with van der Waals surface area (Å²) in [7, 11) is 0. The number of anilines is 1. The first-order chi connectivity index (χ1) is 12.5. The molecular weight excluding hydrogens is 348 g/mol. The van der Waals surface area contributed by atoms with Crippen LogP contribution in [0, 0.1) is 0 Å². The van der Waals surface area contributed by atoms with E-state index in [2.05, 4.69) is 11.9 Å². The minimum absolute atomic E-state index is 0.0796. The maximum absolute atomic E-state index is 11.9. The fraction of sp³-hybridized carbons (Fsp3) is 0.0476. The Labute approximate surface area is 156 Å². The normalized spacial score (nSPS) is 11.0. The highest BCUT2D eigenvalue weighted by Gasteiger charge is 2.11. The van der Waals surface area contributed by atoms with Crippen LogP contribution in [0.15, 0.2) is 61.3 Å². The predicted molar refractivity (Wildman–Crippen MR) is 107 cm³/mol. The molecule has 1 aromatic heterocycles. The summed E-state index contributed by atoms with van der Waals surface area (Å²) in [5.74, 6) is -0.363. The van der Waals surface area contributed by atoms with Crippen molar-refractivity contribution in [2.75, 3.05) is 5.32 Å². The average molecular weight is 365 g/mol. The lowest BCUT2D eigenvalue weighted by Gasteiger charge is -2.04. The summed E-state index contributed by atoms with van der Waals surface area (Å²) in [4.78, 5) is 23.5. The standard InChI is InChI=1S/C21H17ClN2O2/c1-3-21(26)23-18-10-11-20-19(12-18)16(13-24(20)14(2)25)7-4-15-5-8-17(22)9-6-15/h3-13H,1H2,2H3,(H,23,26)/b7-4+. The first kappa shape index (κ1) is 17.7. The first-order valence-corrected chi connectivity index (χ1v) is 8.39. The average Bonchev–Trinajstić information content (AvgIpc) is 2.99. The number of aromatic nitrogens is 1. The van der Waals surface area contributed by atoms with Gasteiger partial charge in [0.25, 0.3) is 0 Å². The summed E-state index contributed by atoms with van der Waals surface area (Å²) in [6.45, 7) is 4.97. The fourth-order valence-corrected chi connectivity index (χ4v) is 2.81. The number of halogens is 1. The molecule has 0 aliphatic heterocycles. The summed E-state index contributed by atoms with van der Waals surface area (Å²) in [6.07, 6.45) is 6.89. The second kappa shape index (κ2) is 7.42. The Morgan fingerprint density at radius 3 is 2.50 bits per heavy atom. The minimum atomic E-state index is -0.284. The van der Waals surface area contributed by atoms with Crippen molar-refractivity contribution in [3.8, 4) is 0 Å². The minimum Gasteiger partial charge on any atom is -0.323 e. The van der Waals surface area contributed by atoms with Crippen molar-refractivity contribution in [3.05, 3.63) is 77.5 Å². The summed E-state index contributed by atoms with van der Waals surface area (Å²) in [6, 6.07) is 12.9. The summed E-state index contributed by atoms with van der Waals surface area (Å²) < 4.78 is 1.59. The van der Waals surface area contributed by atoms with Crippen LogP contribution < -0.4 is 5.32 Å². The third kappa shape index (κ3) is 3.76. The van der Waals surface area contributed by atoms with Crippen LogP contribution in [0.25, 0.3) is 23.1 Å². The Kier molecular flexibility index (Phi) is 5.05. The molecule has 0 aliphatic carbocycles. The molecule has 0 saturated heterocycles. The van der Waals surface area contributed by atoms with Gasteiger partial charge < -0.3 is 5.32 Å². The highest BCUT2D eigenvalue weighted by atomic mass is 35.5. The van der Waals surface area contributed by atoms with Crippen LogP contribution in [0.4, 0.5) is 5.69 Å². The molecule has 3 rings (SSSR count). The molecule has 5 heteroatoms. The van der Waals surface area contributed by atoms with Crippen molar-refractivity contribution >= 4 is 52.2 Å². The number of hydrogen-bond donors (Lipinski definition) is 1. The zero-order chi connectivity index (χ0) is 18.7. The van der Waals surface area contributed by atoms with Crippen molar-refractivity contribution < 1.29 is 9.59 Å². The van der Waals surface area contributed by atoms with Crippen molar-refractivity contribution in [3.63, 3.8) is 0 Å². The van der Waals surface area contributed by atoms with Gasteiger partial charge in [0.05, 0.1) is 5.52 Å². The SMILES string of the molecule is C=CC(=O)Nc1ccc2c(c1)c(/C=C/c1ccc(Cl)cc1)cn2C(C)=O. The highest BCUT2D eigenvalue weighted by Crippen LogP contribution is 2.27. The van der Waals surface area contributed by atoms with Crippen molar-refractivity contribution in [1.82, 2.24) is 4.57 Å². The molecular formula is C21H17ClN2O2. The molecule has 0 bridgehead atoms. The van der Waals surface area contributed by atoms with Gasteiger partial charge in [0.1, 0.15) is 0 Å². The van der Waals surface area contributed by atoms with E-state index < -0.39 is 0 Å². The number of fused-ring (bicyclic) bond motifs is 1. The van der Waals surface area contributed by atoms with Gasteiger partial charge in [-0.05, 0) is 42.0 Å². The highest BCUT2D eigenvalue weighted by molar-refractivity contribution is 6.30. The van der Waals surface area contributed by atoms with Gasteiger partial charge >= 0.3 is 0 Å². The molecule has 1 N–H and O–H groups in total. The van der Waals surface area contributed by atoms with E-state index in [1.54, 1.807) is 16.8 Å². The van der Waals surface area contributed by atoms with Gasteiger partial charge in [-0.15, -0.1) is 0 Å². The summed E-state index contributed by atoms with van der Waals surface area (Å²) >= 11 is 5.91. The van der Waals surface area contributed by atoms with Crippen LogP contribution in [0.2, 0.25) is 5.02 Å². The number of carbonyl (C=O) groups is 2. The lowest BCUT2D eigenvalue weighted by atomic mass is 10.1. The van der Waals surface area contributed by atoms with Gasteiger partial charge in [-0.1, -0.05) is 42.5 Å². The van der Waals surface area contributed by atoms with Gasteiger partial charge in [0.15, 0.2) is 0 Å². The molecule has 0 fully saturated rings. The number of nitrogens with one attached hydrogen (secondary N) is 1. The summed E-state index contributed by atoms with van der Waals surface area (Å²) in [5, 5.41) is 4.29. The van der Waals surface area contributed by atoms with E-state index in [0.29, 0.717) is 10.7 Å². The maximum atomic E-state index is 11.9. The molecule has 2 aromatic carbocycles. The van der Waals surface area contributed by atoms with Crippen molar-refractivity contribution in [1.29, 1.82) is 0 Å². The number of rotatable bonds is 4. The van der Waals surface area contributed by atoms with Crippen LogP contribution in [0.5, 0.6) is 0 Å². The molecule has 0 spiro atoms. The number of benzene rings is 2. The predicted octanol–water partition coefficient (Wildman–Crippen LogP) is 5.25. The Hall–Kier alpha value is -3.11. The van der Waals surface area contributed by atoms with E-state index in [4.69, 9.17) is 11.6 Å². The van der Waals surface area contributed by atoms with E-state index in [-0.39, 0.29) is 11.8 Å². The zero-order valence-corrected chi connectivity index (χ0v) is 15.0. The van der Waals surface area contributed by atoms with Gasteiger partial charge in [0, 0.05) is 34.8 Å². The molecule has 3 aromatic rings. The van der Waals surface area contributed by atoms with Gasteiger partial charge in [-0.25, -0.2) is 0 Å². The van der Waals surface area contributed by atoms with Crippen molar-refractivity contribution in [2.45, 2.75) is 6.92 Å². The van der Waals surface area contributed by atoms with Gasteiger partial charge in [0.2, 0.25) is 11.8 Å². The molecule has 0 atom stereocenters. The van der Waals surface area contributed by atoms with E-state index in [0.717, 1.165) is 22.0 Å². The number of nitrogens with zero attached hydrogens (tertiary/aromatic N) is 1. The topological polar surface area (TPSA) is 51.1 Å². The summed E-state index contributed by atoms with van der Waals surface area (Å²) in [5.41, 5.74) is 3.30. The largest absolute Gasteiger partial charge is 0.323 e. The molecule has 26 heavy (non-hydrogen) atoms. The molecule has 0 unspecified atom stereocenters. The van der Waals surface area contributed by atoms with Crippen molar-refractivity contribution in [2.24, 2.45) is 0 Å². The Balaban J connectivity index is 2.05. The fourth-order valence-electron chi connectivity index (χ4n) is 2.68. The van der Waals surface area contributed by atoms with E-state index >= 15 is 0 Å². The van der Waals surface area contributed by atoms with E-state index in [1.165, 1.54) is 13.0 Å². The number of carbonyl (C=O) groups excluding carboxylic acids is 2. The van der Waals surface area contributed by atoms with Crippen LogP contribution in [0.1, 0.15) is 22.8 Å². The molecule has 0 aliphatic rings. The third-order valence-electron chi connectivity index (χ3n) is 3.95. The van der Waals surface area contributed by atoms with E-state index in [1.807, 2.05) is 48.6 Å². The monoisotopic (exact) mass is 364 g/mol. The second-order valence-corrected chi connectivity index (χ2v) is 6.22. The molecule has 1 amide bonds. The number of amides is 1. The molecule has 0 saturated carbocycles. The smallest absolute Gasteiger partial charge is 0.247 e. The Bertz CT molecular complexity index is 1030. The lowest BCUT2D eigenvalue weighted by molar-refractivity contribution is -0.111. The van der Waals surface area contributed by atoms with Gasteiger partial charge in [-0.3, -0.25) is 14.2 Å². The Morgan fingerprint density at radius 2 is 1.85 bits per heavy atom. The van der Waals surface area contributed by atoms with Gasteiger partial charge in [-0.2, -0.15) is 0 Å². The molecule has 4 nitrogen and oxygen atoms in total. The van der Waals surface area contributed by atoms with Crippen LogP contribution >= 0.6 is 11.6 Å². The maximum Gasteiger partial charge on any atom is 0.247 e. The van der Waals surface area contributed by atoms with Crippen LogP contribution in [0.3, 0.4) is 0 Å². The Morgan fingerprint density at radius 1 is 1.12 bits per heavy atom. The molecule has 1 heterocycles. The first-order valence-electron chi connectivity index (χ1n) is 8.01. The zero-order valence-electron chi connectivity index (χ0n) is 14.2. The quantitative estimate of drug-likeness (QED) is 0.643. The van der Waals surface area contributed by atoms with E-state index in [9.17, 15) is 9.59 Å². The van der Waals surface area contributed by atoms with Crippen LogP contribution in [-0.4, -0.2) is 16.4 Å². The number of hydrogen-bond acceptors (Lipinski definition) is 2.